The Labute approximate surface area is 155 Å². The second kappa shape index (κ2) is 8.08. The van der Waals surface area contributed by atoms with E-state index in [1.807, 2.05) is 0 Å². The van der Waals surface area contributed by atoms with Gasteiger partial charge in [0.2, 0.25) is 5.95 Å². The van der Waals surface area contributed by atoms with Crippen LogP contribution in [0.25, 0.3) is 5.57 Å². The van der Waals surface area contributed by atoms with E-state index in [2.05, 4.69) is 20.3 Å². The maximum atomic E-state index is 14.4. The van der Waals surface area contributed by atoms with Crippen molar-refractivity contribution in [1.29, 1.82) is 0 Å². The van der Waals surface area contributed by atoms with Gasteiger partial charge in [0.25, 0.3) is 0 Å². The average Bonchev–Trinajstić information content (AvgIpc) is 2.57. The van der Waals surface area contributed by atoms with Gasteiger partial charge >= 0.3 is 6.18 Å². The molecular weight excluding hydrogens is 364 g/mol. The lowest BCUT2D eigenvalue weighted by atomic mass is 9.93. The summed E-state index contributed by atoms with van der Waals surface area (Å²) in [4.78, 5) is 12.7. The molecule has 1 fully saturated rings. The van der Waals surface area contributed by atoms with Crippen molar-refractivity contribution in [3.8, 4) is 0 Å². The van der Waals surface area contributed by atoms with Crippen LogP contribution in [0.15, 0.2) is 5.83 Å². The van der Waals surface area contributed by atoms with E-state index in [9.17, 15) is 22.7 Å². The van der Waals surface area contributed by atoms with Gasteiger partial charge in [-0.25, -0.2) is 9.37 Å². The summed E-state index contributed by atoms with van der Waals surface area (Å²) in [6, 6.07) is 0.220. The molecule has 1 aromatic heterocycles. The number of allylic oxidation sites excluding steroid dienone is 1. The lowest BCUT2D eigenvalue weighted by molar-refractivity contribution is -0.171. The molecule has 1 aromatic rings. The second-order valence-corrected chi connectivity index (χ2v) is 7.39. The molecule has 2 aliphatic rings. The molecule has 0 saturated heterocycles. The normalized spacial score (nSPS) is 22.5. The predicted octanol–water partition coefficient (Wildman–Crippen LogP) is 4.19. The number of nitrogens with zero attached hydrogens (tertiary/aromatic N) is 3. The minimum atomic E-state index is -4.27. The summed E-state index contributed by atoms with van der Waals surface area (Å²) in [5, 5.41) is 12.9. The Bertz CT molecular complexity index is 703. The maximum absolute atomic E-state index is 14.4. The van der Waals surface area contributed by atoms with E-state index in [1.54, 1.807) is 0 Å². The van der Waals surface area contributed by atoms with Gasteiger partial charge in [-0.05, 0) is 44.9 Å². The van der Waals surface area contributed by atoms with E-state index in [0.29, 0.717) is 19.3 Å². The van der Waals surface area contributed by atoms with Crippen LogP contribution in [0.3, 0.4) is 0 Å². The summed E-state index contributed by atoms with van der Waals surface area (Å²) < 4.78 is 52.7. The number of aryl methyl sites for hydroxylation is 1. The molecule has 1 unspecified atom stereocenters. The Kier molecular flexibility index (Phi) is 5.98. The first kappa shape index (κ1) is 20.0. The third-order valence-corrected chi connectivity index (χ3v) is 5.23. The van der Waals surface area contributed by atoms with Crippen LogP contribution < -0.4 is 5.32 Å². The maximum Gasteiger partial charge on any atom is 0.391 e. The van der Waals surface area contributed by atoms with Crippen LogP contribution in [0.2, 0.25) is 0 Å². The Hall–Kier alpha value is -1.77. The van der Waals surface area contributed by atoms with Crippen LogP contribution in [-0.2, 0) is 6.42 Å². The standard InChI is InChI=1S/C18H24F4N4O/c1-10(18(20,21)22)8-9-14-24-16(12-6-3-7-13(27)15(12)19)26-17(25-14)23-11-4-2-5-11/h10-11,13,27H,2-9H2,1H3,(H,23,24,25,26)/t10-,13?/m0/s1. The van der Waals surface area contributed by atoms with E-state index >= 15 is 0 Å². The number of hydrogen-bond donors (Lipinski definition) is 2. The number of nitrogens with one attached hydrogen (secondary N) is 1. The molecule has 150 valence electrons. The number of aromatic nitrogens is 3. The van der Waals surface area contributed by atoms with E-state index in [0.717, 1.165) is 26.2 Å². The van der Waals surface area contributed by atoms with E-state index in [4.69, 9.17) is 0 Å². The number of halogens is 4. The molecule has 2 aliphatic carbocycles. The topological polar surface area (TPSA) is 70.9 Å². The lowest BCUT2D eigenvalue weighted by Crippen LogP contribution is -2.29. The molecule has 27 heavy (non-hydrogen) atoms. The van der Waals surface area contributed by atoms with Gasteiger partial charge in [-0.3, -0.25) is 0 Å². The van der Waals surface area contributed by atoms with Gasteiger partial charge in [0.15, 0.2) is 5.82 Å². The Morgan fingerprint density at radius 1 is 1.15 bits per heavy atom. The van der Waals surface area contributed by atoms with E-state index < -0.39 is 24.0 Å². The molecule has 3 rings (SSSR count). The van der Waals surface area contributed by atoms with Crippen molar-refractivity contribution in [2.45, 2.75) is 76.6 Å². The molecule has 9 heteroatoms. The highest BCUT2D eigenvalue weighted by Crippen LogP contribution is 2.33. The SMILES string of the molecule is C[C@@H](CCc1nc(NC2CCC2)nc(C2=C(F)C(O)CCC2)n1)C(F)(F)F. The second-order valence-electron chi connectivity index (χ2n) is 7.39. The van der Waals surface area contributed by atoms with Crippen molar-refractivity contribution < 1.29 is 22.7 Å². The van der Waals surface area contributed by atoms with Gasteiger partial charge in [0.1, 0.15) is 17.8 Å². The number of hydrogen-bond acceptors (Lipinski definition) is 5. The Balaban J connectivity index is 1.85. The van der Waals surface area contributed by atoms with Gasteiger partial charge in [-0.15, -0.1) is 0 Å². The zero-order chi connectivity index (χ0) is 19.6. The molecule has 5 nitrogen and oxygen atoms in total. The number of aliphatic hydroxyl groups is 1. The smallest absolute Gasteiger partial charge is 0.386 e. The molecule has 0 aliphatic heterocycles. The van der Waals surface area contributed by atoms with Crippen LogP contribution in [0.1, 0.15) is 63.5 Å². The van der Waals surface area contributed by atoms with Crippen LogP contribution >= 0.6 is 0 Å². The molecule has 0 aromatic carbocycles. The first-order valence-corrected chi connectivity index (χ1v) is 9.39. The molecule has 0 radical (unpaired) electrons. The zero-order valence-corrected chi connectivity index (χ0v) is 15.2. The third kappa shape index (κ3) is 4.94. The minimum absolute atomic E-state index is 0.0208. The molecule has 1 saturated carbocycles. The Morgan fingerprint density at radius 3 is 2.52 bits per heavy atom. The summed E-state index contributed by atoms with van der Waals surface area (Å²) in [6.07, 6.45) is -1.23. The van der Waals surface area contributed by atoms with Crippen LogP contribution in [0.5, 0.6) is 0 Å². The van der Waals surface area contributed by atoms with Crippen molar-refractivity contribution in [1.82, 2.24) is 15.0 Å². The molecule has 2 N–H and O–H groups in total. The van der Waals surface area contributed by atoms with Gasteiger partial charge < -0.3 is 10.4 Å². The van der Waals surface area contributed by atoms with Crippen LogP contribution in [0, 0.1) is 5.92 Å². The van der Waals surface area contributed by atoms with Crippen molar-refractivity contribution in [2.24, 2.45) is 5.92 Å². The molecule has 0 bridgehead atoms. The highest BCUT2D eigenvalue weighted by molar-refractivity contribution is 5.64. The first-order chi connectivity index (χ1) is 12.7. The highest BCUT2D eigenvalue weighted by Gasteiger charge is 2.35. The monoisotopic (exact) mass is 388 g/mol. The highest BCUT2D eigenvalue weighted by atomic mass is 19.4. The summed E-state index contributed by atoms with van der Waals surface area (Å²) in [5.74, 6) is -1.55. The number of rotatable bonds is 6. The number of anilines is 1. The van der Waals surface area contributed by atoms with Crippen molar-refractivity contribution >= 4 is 11.5 Å². The number of aliphatic hydroxyl groups excluding tert-OH is 1. The van der Waals surface area contributed by atoms with Crippen molar-refractivity contribution in [3.63, 3.8) is 0 Å². The molecule has 2 atom stereocenters. The van der Waals surface area contributed by atoms with E-state index in [-0.39, 0.29) is 42.1 Å². The fourth-order valence-electron chi connectivity index (χ4n) is 3.11. The molecule has 1 heterocycles. The van der Waals surface area contributed by atoms with Gasteiger partial charge in [-0.1, -0.05) is 6.92 Å². The number of alkyl halides is 3. The quantitative estimate of drug-likeness (QED) is 0.715. The van der Waals surface area contributed by atoms with Gasteiger partial charge in [0.05, 0.1) is 5.92 Å². The lowest BCUT2D eigenvalue weighted by Gasteiger charge is -2.27. The zero-order valence-electron chi connectivity index (χ0n) is 15.2. The minimum Gasteiger partial charge on any atom is -0.386 e. The Morgan fingerprint density at radius 2 is 1.89 bits per heavy atom. The summed E-state index contributed by atoms with van der Waals surface area (Å²) in [6.45, 7) is 1.12. The predicted molar refractivity (Wildman–Crippen MR) is 92.5 cm³/mol. The molecule has 0 amide bonds. The average molecular weight is 388 g/mol. The summed E-state index contributed by atoms with van der Waals surface area (Å²) in [7, 11) is 0. The van der Waals surface area contributed by atoms with Crippen molar-refractivity contribution in [3.05, 3.63) is 17.5 Å². The first-order valence-electron chi connectivity index (χ1n) is 9.39. The summed E-state index contributed by atoms with van der Waals surface area (Å²) in [5.41, 5.74) is 0.220. The third-order valence-electron chi connectivity index (χ3n) is 5.23. The largest absolute Gasteiger partial charge is 0.391 e. The van der Waals surface area contributed by atoms with Crippen LogP contribution in [0.4, 0.5) is 23.5 Å². The fraction of sp³-hybridized carbons (Fsp3) is 0.722. The van der Waals surface area contributed by atoms with Crippen molar-refractivity contribution in [2.75, 3.05) is 5.32 Å². The molecular formula is C18H24F4N4O. The van der Waals surface area contributed by atoms with Gasteiger partial charge in [-0.2, -0.15) is 23.1 Å². The van der Waals surface area contributed by atoms with Crippen LogP contribution in [-0.4, -0.2) is 38.4 Å². The fourth-order valence-corrected chi connectivity index (χ4v) is 3.11. The van der Waals surface area contributed by atoms with E-state index in [1.165, 1.54) is 0 Å². The molecule has 0 spiro atoms. The van der Waals surface area contributed by atoms with Gasteiger partial charge in [0, 0.05) is 18.0 Å². The summed E-state index contributed by atoms with van der Waals surface area (Å²) >= 11 is 0.